The maximum absolute atomic E-state index is 10.8. The van der Waals surface area contributed by atoms with Crippen LogP contribution in [-0.2, 0) is 19.1 Å². The van der Waals surface area contributed by atoms with Crippen molar-refractivity contribution >= 4 is 11.9 Å². The summed E-state index contributed by atoms with van der Waals surface area (Å²) in [5.74, 6) is 0.355. The minimum Gasteiger partial charge on any atom is -0.461 e. The molecule has 0 amide bonds. The maximum Gasteiger partial charge on any atom is 0.312 e. The molecule has 2 fully saturated rings. The average molecular weight is 328 g/mol. The van der Waals surface area contributed by atoms with Crippen LogP contribution in [0.5, 0.6) is 0 Å². The molecule has 2 aliphatic heterocycles. The van der Waals surface area contributed by atoms with Gasteiger partial charge in [-0.1, -0.05) is 53.4 Å². The lowest BCUT2D eigenvalue weighted by Gasteiger charge is -2.32. The van der Waals surface area contributed by atoms with Crippen LogP contribution >= 0.6 is 0 Å². The third-order valence-corrected chi connectivity index (χ3v) is 4.58. The monoisotopic (exact) mass is 328 g/mol. The van der Waals surface area contributed by atoms with Crippen molar-refractivity contribution in [2.24, 2.45) is 11.8 Å². The molecule has 23 heavy (non-hydrogen) atoms. The van der Waals surface area contributed by atoms with Crippen molar-refractivity contribution < 1.29 is 19.1 Å². The van der Waals surface area contributed by atoms with Crippen LogP contribution in [0, 0.1) is 11.8 Å². The van der Waals surface area contributed by atoms with Crippen LogP contribution in [0.25, 0.3) is 0 Å². The standard InChI is InChI=1S/2C9H16O2.CH4/c1-3-4-5-6-8-7(2)11-9(8)10;1-3-4-5-6-8-7(2)9(10)11-8;/h2*7-8H,3-6H2,1-2H3;1H4/t2*7-,8+;/m10./s1. The van der Waals surface area contributed by atoms with Crippen LogP contribution in [0.3, 0.4) is 0 Å². The molecule has 0 aromatic rings. The van der Waals surface area contributed by atoms with Crippen LogP contribution in [0.1, 0.15) is 86.5 Å². The van der Waals surface area contributed by atoms with Gasteiger partial charge in [0.05, 0.1) is 11.8 Å². The van der Waals surface area contributed by atoms with Gasteiger partial charge in [0.1, 0.15) is 12.2 Å². The molecule has 0 aromatic heterocycles. The molecule has 4 atom stereocenters. The Morgan fingerprint density at radius 2 is 1.39 bits per heavy atom. The molecule has 0 radical (unpaired) electrons. The summed E-state index contributed by atoms with van der Waals surface area (Å²) in [4.78, 5) is 21.5. The minimum atomic E-state index is -0.0218. The quantitative estimate of drug-likeness (QED) is 0.470. The molecule has 2 aliphatic rings. The fourth-order valence-electron chi connectivity index (χ4n) is 2.78. The van der Waals surface area contributed by atoms with Crippen LogP contribution in [-0.4, -0.2) is 24.1 Å². The second-order valence-corrected chi connectivity index (χ2v) is 6.50. The van der Waals surface area contributed by atoms with E-state index < -0.39 is 0 Å². The van der Waals surface area contributed by atoms with Gasteiger partial charge in [-0.3, -0.25) is 9.59 Å². The number of rotatable bonds is 8. The first-order valence-corrected chi connectivity index (χ1v) is 8.92. The Kier molecular flexibility index (Phi) is 10.9. The Bertz CT molecular complexity index is 353. The molecule has 2 heterocycles. The van der Waals surface area contributed by atoms with Gasteiger partial charge in [-0.05, 0) is 33.1 Å². The van der Waals surface area contributed by atoms with E-state index in [0.29, 0.717) is 0 Å². The molecule has 0 aliphatic carbocycles. The molecule has 0 aromatic carbocycles. The minimum absolute atomic E-state index is 0. The van der Waals surface area contributed by atoms with E-state index >= 15 is 0 Å². The Morgan fingerprint density at radius 3 is 1.78 bits per heavy atom. The number of hydrogen-bond donors (Lipinski definition) is 0. The molecule has 2 rings (SSSR count). The van der Waals surface area contributed by atoms with Crippen molar-refractivity contribution in [3.05, 3.63) is 0 Å². The number of ether oxygens (including phenoxy) is 2. The highest BCUT2D eigenvalue weighted by Crippen LogP contribution is 2.27. The molecular formula is C19H36O4. The van der Waals surface area contributed by atoms with Gasteiger partial charge in [0.25, 0.3) is 0 Å². The van der Waals surface area contributed by atoms with E-state index in [2.05, 4.69) is 13.8 Å². The summed E-state index contributed by atoms with van der Waals surface area (Å²) in [7, 11) is 0. The van der Waals surface area contributed by atoms with Crippen molar-refractivity contribution in [1.29, 1.82) is 0 Å². The molecular weight excluding hydrogens is 292 g/mol. The number of cyclic esters (lactones) is 2. The first kappa shape index (κ1) is 21.9. The van der Waals surface area contributed by atoms with Gasteiger partial charge in [-0.15, -0.1) is 0 Å². The van der Waals surface area contributed by atoms with Gasteiger partial charge in [0.15, 0.2) is 0 Å². The molecule has 0 N–H and O–H groups in total. The average Bonchev–Trinajstić information content (AvgIpc) is 2.51. The van der Waals surface area contributed by atoms with Crippen molar-refractivity contribution in [3.63, 3.8) is 0 Å². The van der Waals surface area contributed by atoms with Gasteiger partial charge in [0, 0.05) is 0 Å². The van der Waals surface area contributed by atoms with E-state index in [9.17, 15) is 9.59 Å². The number of unbranched alkanes of at least 4 members (excludes halogenated alkanes) is 4. The fourth-order valence-corrected chi connectivity index (χ4v) is 2.78. The van der Waals surface area contributed by atoms with Gasteiger partial charge in [-0.25, -0.2) is 0 Å². The van der Waals surface area contributed by atoms with E-state index in [1.54, 1.807) is 0 Å². The van der Waals surface area contributed by atoms with E-state index in [0.717, 1.165) is 12.8 Å². The third kappa shape index (κ3) is 6.92. The molecule has 136 valence electrons. The zero-order valence-corrected chi connectivity index (χ0v) is 14.6. The third-order valence-electron chi connectivity index (χ3n) is 4.58. The Hall–Kier alpha value is -1.06. The van der Waals surface area contributed by atoms with Crippen LogP contribution < -0.4 is 0 Å². The lowest BCUT2D eigenvalue weighted by molar-refractivity contribution is -0.183. The summed E-state index contributed by atoms with van der Waals surface area (Å²) in [6.07, 6.45) is 9.78. The van der Waals surface area contributed by atoms with E-state index in [1.807, 2.05) is 13.8 Å². The summed E-state index contributed by atoms with van der Waals surface area (Å²) in [5.41, 5.74) is 0. The predicted molar refractivity (Wildman–Crippen MR) is 93.1 cm³/mol. The normalized spacial score (nSPS) is 28.2. The van der Waals surface area contributed by atoms with Gasteiger partial charge in [0.2, 0.25) is 0 Å². The summed E-state index contributed by atoms with van der Waals surface area (Å²) in [6.45, 7) is 8.26. The Labute approximate surface area is 142 Å². The largest absolute Gasteiger partial charge is 0.461 e. The smallest absolute Gasteiger partial charge is 0.312 e. The first-order valence-electron chi connectivity index (χ1n) is 8.92. The molecule has 4 heteroatoms. The summed E-state index contributed by atoms with van der Waals surface area (Å²) in [5, 5.41) is 0. The van der Waals surface area contributed by atoms with Crippen LogP contribution in [0.4, 0.5) is 0 Å². The van der Waals surface area contributed by atoms with Crippen molar-refractivity contribution in [2.45, 2.75) is 98.7 Å². The first-order chi connectivity index (χ1) is 10.5. The van der Waals surface area contributed by atoms with Crippen molar-refractivity contribution in [2.75, 3.05) is 0 Å². The van der Waals surface area contributed by atoms with Gasteiger partial charge < -0.3 is 9.47 Å². The second-order valence-electron chi connectivity index (χ2n) is 6.50. The fraction of sp³-hybridized carbons (Fsp3) is 0.895. The van der Waals surface area contributed by atoms with E-state index in [-0.39, 0.29) is 43.4 Å². The summed E-state index contributed by atoms with van der Waals surface area (Å²) >= 11 is 0. The lowest BCUT2D eigenvalue weighted by atomic mass is 9.92. The molecule has 2 saturated heterocycles. The molecule has 0 saturated carbocycles. The van der Waals surface area contributed by atoms with Crippen molar-refractivity contribution in [3.8, 4) is 0 Å². The Morgan fingerprint density at radius 1 is 0.826 bits per heavy atom. The molecule has 0 bridgehead atoms. The predicted octanol–water partition coefficient (Wildman–Crippen LogP) is 4.89. The molecule has 0 spiro atoms. The zero-order valence-electron chi connectivity index (χ0n) is 14.6. The number of carbonyl (C=O) groups excluding carboxylic acids is 2. The molecule has 0 unspecified atom stereocenters. The highest BCUT2D eigenvalue weighted by Gasteiger charge is 2.38. The van der Waals surface area contributed by atoms with E-state index in [4.69, 9.17) is 9.47 Å². The maximum atomic E-state index is 10.8. The highest BCUT2D eigenvalue weighted by atomic mass is 16.6. The number of carbonyl (C=O) groups is 2. The van der Waals surface area contributed by atoms with Gasteiger partial charge in [-0.2, -0.15) is 0 Å². The van der Waals surface area contributed by atoms with Crippen molar-refractivity contribution in [1.82, 2.24) is 0 Å². The summed E-state index contributed by atoms with van der Waals surface area (Å²) in [6, 6.07) is 0. The Balaban J connectivity index is 0.000000403. The number of hydrogen-bond acceptors (Lipinski definition) is 4. The van der Waals surface area contributed by atoms with Crippen LogP contribution in [0.2, 0.25) is 0 Å². The summed E-state index contributed by atoms with van der Waals surface area (Å²) < 4.78 is 9.80. The highest BCUT2D eigenvalue weighted by molar-refractivity contribution is 5.78. The van der Waals surface area contributed by atoms with Gasteiger partial charge >= 0.3 is 11.9 Å². The number of esters is 2. The van der Waals surface area contributed by atoms with Crippen LogP contribution in [0.15, 0.2) is 0 Å². The molecule has 4 nitrogen and oxygen atoms in total. The lowest BCUT2D eigenvalue weighted by Crippen LogP contribution is -2.42. The zero-order chi connectivity index (χ0) is 16.5. The van der Waals surface area contributed by atoms with E-state index in [1.165, 1.54) is 38.5 Å². The second kappa shape index (κ2) is 11.5. The topological polar surface area (TPSA) is 52.6 Å². The SMILES string of the molecule is C.CCCCC[C@@H]1C(=O)O[C@@H]1C.CCCCC[C@H]1OC(=O)[C@H]1C.